The van der Waals surface area contributed by atoms with Crippen molar-refractivity contribution >= 4 is 23.8 Å². The standard InChI is InChI=1S/C24H20O6/c1-28-22(25)15-13-19-11-12-20(29-19)14-16-23(26)30-21-9-7-18(8-10-21)24(27)17-5-3-2-4-6-17/h2-12,14,16H,13,15H2,1H3/b16-14+. The molecule has 30 heavy (non-hydrogen) atoms. The first kappa shape index (κ1) is 20.8. The third-order valence-electron chi connectivity index (χ3n) is 4.24. The van der Waals surface area contributed by atoms with Crippen molar-refractivity contribution in [3.05, 3.63) is 95.5 Å². The Kier molecular flexibility index (Phi) is 6.95. The summed E-state index contributed by atoms with van der Waals surface area (Å²) in [6, 6.07) is 18.7. The average Bonchev–Trinajstić information content (AvgIpc) is 3.24. The second kappa shape index (κ2) is 10.0. The van der Waals surface area contributed by atoms with Crippen molar-refractivity contribution in [3.63, 3.8) is 0 Å². The van der Waals surface area contributed by atoms with E-state index in [1.807, 2.05) is 6.07 Å². The Morgan fingerprint density at radius 2 is 1.60 bits per heavy atom. The third-order valence-corrected chi connectivity index (χ3v) is 4.24. The summed E-state index contributed by atoms with van der Waals surface area (Å²) in [7, 11) is 1.33. The summed E-state index contributed by atoms with van der Waals surface area (Å²) >= 11 is 0. The Morgan fingerprint density at radius 1 is 0.900 bits per heavy atom. The van der Waals surface area contributed by atoms with Gasteiger partial charge in [-0.2, -0.15) is 0 Å². The number of methoxy groups -OCH3 is 1. The van der Waals surface area contributed by atoms with Crippen LogP contribution in [0, 0.1) is 0 Å². The molecule has 3 aromatic rings. The highest BCUT2D eigenvalue weighted by molar-refractivity contribution is 6.09. The van der Waals surface area contributed by atoms with Gasteiger partial charge in [0.1, 0.15) is 17.3 Å². The molecule has 0 radical (unpaired) electrons. The van der Waals surface area contributed by atoms with E-state index < -0.39 is 5.97 Å². The molecule has 0 amide bonds. The van der Waals surface area contributed by atoms with E-state index >= 15 is 0 Å². The van der Waals surface area contributed by atoms with Crippen LogP contribution in [0.25, 0.3) is 6.08 Å². The monoisotopic (exact) mass is 404 g/mol. The summed E-state index contributed by atoms with van der Waals surface area (Å²) in [5.74, 6) is 0.414. The Hall–Kier alpha value is -3.93. The van der Waals surface area contributed by atoms with Crippen LogP contribution in [0.1, 0.15) is 33.9 Å². The SMILES string of the molecule is COC(=O)CCc1ccc(/C=C/C(=O)Oc2ccc(C(=O)c3ccccc3)cc2)o1. The summed E-state index contributed by atoms with van der Waals surface area (Å²) in [4.78, 5) is 35.5. The molecule has 0 fully saturated rings. The maximum Gasteiger partial charge on any atom is 0.336 e. The van der Waals surface area contributed by atoms with E-state index in [1.54, 1.807) is 60.7 Å². The fraction of sp³-hybridized carbons (Fsp3) is 0.125. The van der Waals surface area contributed by atoms with Crippen molar-refractivity contribution in [1.82, 2.24) is 0 Å². The largest absolute Gasteiger partial charge is 0.469 e. The number of aryl methyl sites for hydroxylation is 1. The second-order valence-corrected chi connectivity index (χ2v) is 6.35. The fourth-order valence-electron chi connectivity index (χ4n) is 2.68. The number of ketones is 1. The number of esters is 2. The van der Waals surface area contributed by atoms with Crippen LogP contribution >= 0.6 is 0 Å². The predicted molar refractivity (Wildman–Crippen MR) is 110 cm³/mol. The van der Waals surface area contributed by atoms with Gasteiger partial charge in [-0.05, 0) is 42.5 Å². The normalized spacial score (nSPS) is 10.7. The van der Waals surface area contributed by atoms with E-state index in [-0.39, 0.29) is 18.2 Å². The van der Waals surface area contributed by atoms with Crippen molar-refractivity contribution < 1.29 is 28.3 Å². The number of hydrogen-bond donors (Lipinski definition) is 0. The van der Waals surface area contributed by atoms with Gasteiger partial charge in [0.05, 0.1) is 13.5 Å². The molecule has 0 N–H and O–H groups in total. The Morgan fingerprint density at radius 3 is 2.30 bits per heavy atom. The van der Waals surface area contributed by atoms with E-state index in [0.29, 0.717) is 34.8 Å². The topological polar surface area (TPSA) is 82.8 Å². The molecule has 3 rings (SSSR count). The molecule has 0 aliphatic rings. The molecule has 0 bridgehead atoms. The Bertz CT molecular complexity index is 1040. The molecule has 0 atom stereocenters. The lowest BCUT2D eigenvalue weighted by molar-refractivity contribution is -0.140. The van der Waals surface area contributed by atoms with E-state index in [1.165, 1.54) is 19.3 Å². The molecule has 0 aliphatic carbocycles. The molecular weight excluding hydrogens is 384 g/mol. The number of benzene rings is 2. The van der Waals surface area contributed by atoms with Gasteiger partial charge >= 0.3 is 11.9 Å². The fourth-order valence-corrected chi connectivity index (χ4v) is 2.68. The lowest BCUT2D eigenvalue weighted by Crippen LogP contribution is -2.05. The summed E-state index contributed by atoms with van der Waals surface area (Å²) in [5.41, 5.74) is 1.10. The highest BCUT2D eigenvalue weighted by atomic mass is 16.5. The molecule has 0 spiro atoms. The summed E-state index contributed by atoms with van der Waals surface area (Å²) in [6.45, 7) is 0. The first-order chi connectivity index (χ1) is 14.5. The summed E-state index contributed by atoms with van der Waals surface area (Å²) in [5, 5.41) is 0. The minimum Gasteiger partial charge on any atom is -0.469 e. The van der Waals surface area contributed by atoms with Crippen LogP contribution in [0.5, 0.6) is 5.75 Å². The third kappa shape index (κ3) is 5.78. The van der Waals surface area contributed by atoms with Crippen LogP contribution in [-0.4, -0.2) is 24.8 Å². The first-order valence-electron chi connectivity index (χ1n) is 9.30. The minimum absolute atomic E-state index is 0.103. The van der Waals surface area contributed by atoms with Crippen molar-refractivity contribution in [1.29, 1.82) is 0 Å². The molecular formula is C24H20O6. The number of hydrogen-bond acceptors (Lipinski definition) is 6. The van der Waals surface area contributed by atoms with Crippen molar-refractivity contribution in [3.8, 4) is 5.75 Å². The number of furan rings is 1. The summed E-state index contributed by atoms with van der Waals surface area (Å²) < 4.78 is 15.3. The van der Waals surface area contributed by atoms with Crippen molar-refractivity contribution in [2.24, 2.45) is 0 Å². The van der Waals surface area contributed by atoms with Gasteiger partial charge in [0, 0.05) is 23.6 Å². The lowest BCUT2D eigenvalue weighted by atomic mass is 10.0. The Balaban J connectivity index is 1.54. The Labute approximate surface area is 173 Å². The number of ether oxygens (including phenoxy) is 2. The van der Waals surface area contributed by atoms with Crippen LogP contribution in [0.2, 0.25) is 0 Å². The smallest absolute Gasteiger partial charge is 0.336 e. The quantitative estimate of drug-likeness (QED) is 0.242. The van der Waals surface area contributed by atoms with Crippen LogP contribution in [-0.2, 0) is 20.7 Å². The maximum absolute atomic E-state index is 12.4. The van der Waals surface area contributed by atoms with Crippen LogP contribution in [0.4, 0.5) is 0 Å². The number of carbonyl (C=O) groups is 3. The zero-order chi connectivity index (χ0) is 21.3. The van der Waals surface area contributed by atoms with Gasteiger partial charge in [-0.15, -0.1) is 0 Å². The van der Waals surface area contributed by atoms with Gasteiger partial charge < -0.3 is 13.9 Å². The molecule has 6 nitrogen and oxygen atoms in total. The second-order valence-electron chi connectivity index (χ2n) is 6.35. The number of rotatable bonds is 8. The molecule has 0 saturated heterocycles. The molecule has 152 valence electrons. The van der Waals surface area contributed by atoms with E-state index in [2.05, 4.69) is 4.74 Å². The van der Waals surface area contributed by atoms with Gasteiger partial charge in [0.2, 0.25) is 0 Å². The zero-order valence-electron chi connectivity index (χ0n) is 16.4. The molecule has 0 unspecified atom stereocenters. The van der Waals surface area contributed by atoms with Crippen LogP contribution in [0.3, 0.4) is 0 Å². The van der Waals surface area contributed by atoms with Crippen molar-refractivity contribution in [2.45, 2.75) is 12.8 Å². The van der Waals surface area contributed by atoms with Gasteiger partial charge in [-0.3, -0.25) is 9.59 Å². The highest BCUT2D eigenvalue weighted by Crippen LogP contribution is 2.16. The minimum atomic E-state index is -0.579. The lowest BCUT2D eigenvalue weighted by Gasteiger charge is -2.04. The first-order valence-corrected chi connectivity index (χ1v) is 9.30. The molecule has 6 heteroatoms. The van der Waals surface area contributed by atoms with Crippen LogP contribution < -0.4 is 4.74 Å². The zero-order valence-corrected chi connectivity index (χ0v) is 16.4. The maximum atomic E-state index is 12.4. The molecule has 1 aromatic heterocycles. The molecule has 2 aromatic carbocycles. The van der Waals surface area contributed by atoms with Gasteiger partial charge in [0.25, 0.3) is 0 Å². The molecule has 1 heterocycles. The van der Waals surface area contributed by atoms with Crippen molar-refractivity contribution in [2.75, 3.05) is 7.11 Å². The predicted octanol–water partition coefficient (Wildman–Crippen LogP) is 4.24. The van der Waals surface area contributed by atoms with E-state index in [4.69, 9.17) is 9.15 Å². The van der Waals surface area contributed by atoms with Gasteiger partial charge in [0.15, 0.2) is 5.78 Å². The molecule has 0 saturated carbocycles. The highest BCUT2D eigenvalue weighted by Gasteiger charge is 2.09. The van der Waals surface area contributed by atoms with E-state index in [0.717, 1.165) is 0 Å². The summed E-state index contributed by atoms with van der Waals surface area (Å²) in [6.07, 6.45) is 3.36. The van der Waals surface area contributed by atoms with Gasteiger partial charge in [-0.1, -0.05) is 30.3 Å². The average molecular weight is 404 g/mol. The van der Waals surface area contributed by atoms with Gasteiger partial charge in [-0.25, -0.2) is 4.79 Å². The van der Waals surface area contributed by atoms with E-state index in [9.17, 15) is 14.4 Å². The molecule has 0 aliphatic heterocycles. The van der Waals surface area contributed by atoms with Crippen LogP contribution in [0.15, 0.2) is 77.2 Å². The number of carbonyl (C=O) groups excluding carboxylic acids is 3.